The molecule has 1 N–H and O–H groups in total. The zero-order valence-corrected chi connectivity index (χ0v) is 13.5. The smallest absolute Gasteiger partial charge is 0.224 e. The highest BCUT2D eigenvalue weighted by Crippen LogP contribution is 2.49. The van der Waals surface area contributed by atoms with Crippen molar-refractivity contribution in [2.24, 2.45) is 17.8 Å². The fourth-order valence-electron chi connectivity index (χ4n) is 4.31. The van der Waals surface area contributed by atoms with Crippen molar-refractivity contribution < 1.29 is 4.79 Å². The molecule has 2 aliphatic carbocycles. The molecule has 0 unspecified atom stereocenters. The molecule has 2 heteroatoms. The van der Waals surface area contributed by atoms with Crippen molar-refractivity contribution in [1.29, 1.82) is 0 Å². The van der Waals surface area contributed by atoms with Crippen LogP contribution >= 0.6 is 0 Å². The molecule has 0 saturated heterocycles. The second-order valence-electron chi connectivity index (χ2n) is 7.98. The molecule has 2 nitrogen and oxygen atoms in total. The van der Waals surface area contributed by atoms with Crippen LogP contribution in [0.4, 0.5) is 5.69 Å². The third-order valence-corrected chi connectivity index (χ3v) is 5.34. The summed E-state index contributed by atoms with van der Waals surface area (Å²) in [6.45, 7) is 6.57. The molecule has 0 aromatic heterocycles. The van der Waals surface area contributed by atoms with Crippen LogP contribution in [-0.4, -0.2) is 5.91 Å². The van der Waals surface area contributed by atoms with Gasteiger partial charge in [0.1, 0.15) is 0 Å². The molecule has 2 aliphatic rings. The van der Waals surface area contributed by atoms with Crippen LogP contribution in [0, 0.1) is 17.8 Å². The molecule has 2 saturated carbocycles. The van der Waals surface area contributed by atoms with Crippen molar-refractivity contribution in [3.05, 3.63) is 29.8 Å². The van der Waals surface area contributed by atoms with E-state index in [1.54, 1.807) is 0 Å². The third kappa shape index (κ3) is 3.14. The summed E-state index contributed by atoms with van der Waals surface area (Å²) in [5.41, 5.74) is 2.25. The number of carbonyl (C=O) groups excluding carboxylic acids is 1. The van der Waals surface area contributed by atoms with Crippen LogP contribution in [-0.2, 0) is 10.2 Å². The minimum Gasteiger partial charge on any atom is -0.326 e. The summed E-state index contributed by atoms with van der Waals surface area (Å²) in [4.78, 5) is 12.4. The van der Waals surface area contributed by atoms with Gasteiger partial charge in [0.05, 0.1) is 0 Å². The van der Waals surface area contributed by atoms with Crippen LogP contribution in [0.3, 0.4) is 0 Å². The highest BCUT2D eigenvalue weighted by Gasteiger charge is 2.40. The van der Waals surface area contributed by atoms with E-state index in [-0.39, 0.29) is 11.3 Å². The Labute approximate surface area is 128 Å². The average molecular weight is 285 g/mol. The van der Waals surface area contributed by atoms with Crippen LogP contribution < -0.4 is 5.32 Å². The normalized spacial score (nSPS) is 27.9. The van der Waals surface area contributed by atoms with E-state index in [0.29, 0.717) is 12.3 Å². The number of rotatable bonds is 3. The zero-order chi connectivity index (χ0) is 15.0. The van der Waals surface area contributed by atoms with E-state index in [9.17, 15) is 4.79 Å². The molecule has 0 spiro atoms. The number of anilines is 1. The summed E-state index contributed by atoms with van der Waals surface area (Å²) in [5.74, 6) is 2.56. The molecule has 21 heavy (non-hydrogen) atoms. The molecule has 3 atom stereocenters. The number of benzene rings is 1. The predicted octanol–water partition coefficient (Wildman–Crippen LogP) is 4.75. The van der Waals surface area contributed by atoms with E-state index in [0.717, 1.165) is 17.5 Å². The Morgan fingerprint density at radius 3 is 2.57 bits per heavy atom. The second kappa shape index (κ2) is 5.47. The van der Waals surface area contributed by atoms with Crippen molar-refractivity contribution in [3.63, 3.8) is 0 Å². The molecule has 3 rings (SSSR count). The van der Waals surface area contributed by atoms with Crippen molar-refractivity contribution in [3.8, 4) is 0 Å². The molecule has 1 amide bonds. The summed E-state index contributed by atoms with van der Waals surface area (Å²) in [6.07, 6.45) is 6.10. The molecular weight excluding hydrogens is 258 g/mol. The van der Waals surface area contributed by atoms with Crippen LogP contribution in [0.1, 0.15) is 58.4 Å². The molecule has 0 radical (unpaired) electrons. The molecule has 2 bridgehead atoms. The summed E-state index contributed by atoms with van der Waals surface area (Å²) in [5, 5.41) is 3.16. The molecular formula is C19H27NO. The maximum atomic E-state index is 12.4. The quantitative estimate of drug-likeness (QED) is 0.853. The number of hydrogen-bond acceptors (Lipinski definition) is 1. The largest absolute Gasteiger partial charge is 0.326 e. The van der Waals surface area contributed by atoms with Gasteiger partial charge in [-0.25, -0.2) is 0 Å². The molecule has 1 aromatic carbocycles. The lowest BCUT2D eigenvalue weighted by atomic mass is 9.85. The Kier molecular flexibility index (Phi) is 3.81. The third-order valence-electron chi connectivity index (χ3n) is 5.34. The summed E-state index contributed by atoms with van der Waals surface area (Å²) < 4.78 is 0. The van der Waals surface area contributed by atoms with Crippen molar-refractivity contribution in [2.75, 3.05) is 5.32 Å². The van der Waals surface area contributed by atoms with Gasteiger partial charge < -0.3 is 5.32 Å². The van der Waals surface area contributed by atoms with Gasteiger partial charge in [0, 0.05) is 12.1 Å². The Bertz CT molecular complexity index is 529. The van der Waals surface area contributed by atoms with Crippen LogP contribution in [0.5, 0.6) is 0 Å². The number of nitrogens with one attached hydrogen (secondary N) is 1. The number of hydrogen-bond donors (Lipinski definition) is 1. The van der Waals surface area contributed by atoms with E-state index < -0.39 is 0 Å². The van der Waals surface area contributed by atoms with E-state index >= 15 is 0 Å². The summed E-state index contributed by atoms with van der Waals surface area (Å²) >= 11 is 0. The second-order valence-corrected chi connectivity index (χ2v) is 7.98. The molecule has 0 heterocycles. The van der Waals surface area contributed by atoms with Crippen molar-refractivity contribution >= 4 is 11.6 Å². The number of carbonyl (C=O) groups is 1. The number of amides is 1. The maximum Gasteiger partial charge on any atom is 0.224 e. The number of fused-ring (bicyclic) bond motifs is 2. The lowest BCUT2D eigenvalue weighted by Gasteiger charge is -2.24. The standard InChI is InChI=1S/C19H27NO/c1-19(2,3)16-6-4-5-7-17(16)20-18(21)12-15-11-13-8-9-14(15)10-13/h4-7,13-15H,8-12H2,1-3H3,(H,20,21)/t13-,14-,15+/m1/s1. The van der Waals surface area contributed by atoms with Crippen molar-refractivity contribution in [1.82, 2.24) is 0 Å². The summed E-state index contributed by atoms with van der Waals surface area (Å²) in [7, 11) is 0. The van der Waals surface area contributed by atoms with Gasteiger partial charge in [0.25, 0.3) is 0 Å². The lowest BCUT2D eigenvalue weighted by molar-refractivity contribution is -0.117. The predicted molar refractivity (Wildman–Crippen MR) is 87.3 cm³/mol. The monoisotopic (exact) mass is 285 g/mol. The highest BCUT2D eigenvalue weighted by atomic mass is 16.1. The van der Waals surface area contributed by atoms with Gasteiger partial charge in [-0.15, -0.1) is 0 Å². The molecule has 2 fully saturated rings. The first-order valence-electron chi connectivity index (χ1n) is 8.33. The highest BCUT2D eigenvalue weighted by molar-refractivity contribution is 5.91. The molecule has 1 aromatic rings. The lowest BCUT2D eigenvalue weighted by Crippen LogP contribution is -2.22. The Hall–Kier alpha value is -1.31. The Balaban J connectivity index is 1.65. The molecule has 114 valence electrons. The SMILES string of the molecule is CC(C)(C)c1ccccc1NC(=O)C[C@@H]1C[C@@H]2CC[C@@H]1C2. The van der Waals surface area contributed by atoms with Crippen LogP contribution in [0.25, 0.3) is 0 Å². The van der Waals surface area contributed by atoms with Gasteiger partial charge in [-0.05, 0) is 54.1 Å². The van der Waals surface area contributed by atoms with E-state index in [2.05, 4.69) is 32.2 Å². The van der Waals surface area contributed by atoms with Crippen LogP contribution in [0.15, 0.2) is 24.3 Å². The van der Waals surface area contributed by atoms with Gasteiger partial charge in [-0.1, -0.05) is 45.4 Å². The van der Waals surface area contributed by atoms with Gasteiger partial charge in [-0.3, -0.25) is 4.79 Å². The van der Waals surface area contributed by atoms with E-state index in [1.165, 1.54) is 31.2 Å². The minimum absolute atomic E-state index is 0.0519. The summed E-state index contributed by atoms with van der Waals surface area (Å²) in [6, 6.07) is 8.20. The first-order valence-corrected chi connectivity index (χ1v) is 8.33. The van der Waals surface area contributed by atoms with E-state index in [4.69, 9.17) is 0 Å². The number of para-hydroxylation sites is 1. The first-order chi connectivity index (χ1) is 9.93. The van der Waals surface area contributed by atoms with Gasteiger partial charge >= 0.3 is 0 Å². The topological polar surface area (TPSA) is 29.1 Å². The van der Waals surface area contributed by atoms with Gasteiger partial charge in [0.15, 0.2) is 0 Å². The fraction of sp³-hybridized carbons (Fsp3) is 0.632. The van der Waals surface area contributed by atoms with Gasteiger partial charge in [-0.2, -0.15) is 0 Å². The Morgan fingerprint density at radius 1 is 1.19 bits per heavy atom. The average Bonchev–Trinajstić information content (AvgIpc) is 3.00. The first kappa shape index (κ1) is 14.6. The zero-order valence-electron chi connectivity index (χ0n) is 13.5. The van der Waals surface area contributed by atoms with Gasteiger partial charge in [0.2, 0.25) is 5.91 Å². The van der Waals surface area contributed by atoms with E-state index in [1.807, 2.05) is 18.2 Å². The Morgan fingerprint density at radius 2 is 1.95 bits per heavy atom. The maximum absolute atomic E-state index is 12.4. The fourth-order valence-corrected chi connectivity index (χ4v) is 4.31. The minimum atomic E-state index is 0.0519. The molecule has 0 aliphatic heterocycles. The van der Waals surface area contributed by atoms with Crippen LogP contribution in [0.2, 0.25) is 0 Å². The van der Waals surface area contributed by atoms with Crippen molar-refractivity contribution in [2.45, 2.75) is 58.3 Å².